The number of hydrogen-bond acceptors (Lipinski definition) is 5. The number of aryl methyl sites for hydroxylation is 1. The highest BCUT2D eigenvalue weighted by molar-refractivity contribution is 6.51. The van der Waals surface area contributed by atoms with Crippen LogP contribution in [0.1, 0.15) is 36.1 Å². The van der Waals surface area contributed by atoms with Crippen LogP contribution in [0.4, 0.5) is 5.69 Å². The van der Waals surface area contributed by atoms with Gasteiger partial charge in [-0.25, -0.2) is 0 Å². The van der Waals surface area contributed by atoms with E-state index in [9.17, 15) is 19.8 Å². The van der Waals surface area contributed by atoms with Crippen LogP contribution in [0.5, 0.6) is 11.5 Å². The highest BCUT2D eigenvalue weighted by Gasteiger charge is 2.47. The number of carbonyl (C=O) groups excluding carboxylic acids is 2. The van der Waals surface area contributed by atoms with Gasteiger partial charge in [0, 0.05) is 11.3 Å². The Hall–Kier alpha value is -4.06. The molecule has 1 unspecified atom stereocenters. The van der Waals surface area contributed by atoms with Gasteiger partial charge in [-0.2, -0.15) is 0 Å². The predicted octanol–water partition coefficient (Wildman–Crippen LogP) is 5.12. The summed E-state index contributed by atoms with van der Waals surface area (Å²) in [5.41, 5.74) is 2.25. The molecule has 1 aliphatic heterocycles. The van der Waals surface area contributed by atoms with E-state index in [2.05, 4.69) is 0 Å². The first kappa shape index (κ1) is 22.1. The zero-order valence-corrected chi connectivity index (χ0v) is 18.5. The molecule has 1 aliphatic rings. The maximum atomic E-state index is 13.2. The van der Waals surface area contributed by atoms with E-state index < -0.39 is 17.7 Å². The fourth-order valence-corrected chi connectivity index (χ4v) is 4.01. The number of ether oxygens (including phenoxy) is 1. The van der Waals surface area contributed by atoms with E-state index in [0.29, 0.717) is 29.2 Å². The molecule has 6 nitrogen and oxygen atoms in total. The molecule has 1 fully saturated rings. The molecule has 1 amide bonds. The molecule has 0 aromatic heterocycles. The van der Waals surface area contributed by atoms with Crippen LogP contribution in [0.25, 0.3) is 5.76 Å². The van der Waals surface area contributed by atoms with Gasteiger partial charge in [-0.1, -0.05) is 37.3 Å². The van der Waals surface area contributed by atoms with Crippen molar-refractivity contribution >= 4 is 23.1 Å². The largest absolute Gasteiger partial charge is 0.508 e. The van der Waals surface area contributed by atoms with Gasteiger partial charge in [0.05, 0.1) is 18.2 Å². The smallest absolute Gasteiger partial charge is 0.300 e. The summed E-state index contributed by atoms with van der Waals surface area (Å²) in [5, 5.41) is 21.3. The van der Waals surface area contributed by atoms with E-state index in [0.717, 1.165) is 12.0 Å². The van der Waals surface area contributed by atoms with Crippen molar-refractivity contribution in [3.8, 4) is 11.5 Å². The van der Waals surface area contributed by atoms with E-state index in [4.69, 9.17) is 4.74 Å². The van der Waals surface area contributed by atoms with Gasteiger partial charge in [-0.15, -0.1) is 0 Å². The highest BCUT2D eigenvalue weighted by atomic mass is 16.5. The number of benzene rings is 3. The SMILES string of the molecule is CCCOc1ccc(/C(O)=C2/C(=O)C(=O)N(c3ccccc3C)C2c2cccc(O)c2)cc1. The minimum absolute atomic E-state index is 0.000275. The van der Waals surface area contributed by atoms with E-state index >= 15 is 0 Å². The molecule has 3 aromatic rings. The van der Waals surface area contributed by atoms with Crippen molar-refractivity contribution in [3.63, 3.8) is 0 Å². The van der Waals surface area contributed by atoms with Crippen LogP contribution in [0, 0.1) is 6.92 Å². The summed E-state index contributed by atoms with van der Waals surface area (Å²) in [7, 11) is 0. The van der Waals surface area contributed by atoms with Gasteiger partial charge in [0.15, 0.2) is 0 Å². The van der Waals surface area contributed by atoms with Crippen LogP contribution in [0.2, 0.25) is 0 Å². The second-order valence-electron chi connectivity index (χ2n) is 7.92. The summed E-state index contributed by atoms with van der Waals surface area (Å²) in [5.74, 6) is -1.14. The third-order valence-electron chi connectivity index (χ3n) is 5.61. The summed E-state index contributed by atoms with van der Waals surface area (Å²) < 4.78 is 5.59. The number of hydrogen-bond donors (Lipinski definition) is 2. The van der Waals surface area contributed by atoms with Crippen LogP contribution in [0.15, 0.2) is 78.4 Å². The van der Waals surface area contributed by atoms with Crippen molar-refractivity contribution in [1.82, 2.24) is 0 Å². The molecule has 3 aromatic carbocycles. The topological polar surface area (TPSA) is 87.1 Å². The number of phenolic OH excluding ortho intramolecular Hbond substituents is 1. The van der Waals surface area contributed by atoms with E-state index in [1.807, 2.05) is 26.0 Å². The molecule has 6 heteroatoms. The number of rotatable bonds is 6. The lowest BCUT2D eigenvalue weighted by Gasteiger charge is -2.26. The number of carbonyl (C=O) groups is 2. The van der Waals surface area contributed by atoms with Gasteiger partial charge in [-0.3, -0.25) is 14.5 Å². The van der Waals surface area contributed by atoms with Crippen LogP contribution in [-0.4, -0.2) is 28.5 Å². The predicted molar refractivity (Wildman–Crippen MR) is 126 cm³/mol. The molecular formula is C27H25NO5. The lowest BCUT2D eigenvalue weighted by molar-refractivity contribution is -0.132. The van der Waals surface area contributed by atoms with Crippen LogP contribution >= 0.6 is 0 Å². The van der Waals surface area contributed by atoms with Crippen molar-refractivity contribution in [1.29, 1.82) is 0 Å². The number of aliphatic hydroxyl groups is 1. The van der Waals surface area contributed by atoms with E-state index in [-0.39, 0.29) is 17.1 Å². The number of phenols is 1. The Kier molecular flexibility index (Phi) is 6.18. The first-order chi connectivity index (χ1) is 15.9. The Morgan fingerprint density at radius 2 is 1.73 bits per heavy atom. The molecule has 0 aliphatic carbocycles. The van der Waals surface area contributed by atoms with Crippen molar-refractivity contribution in [3.05, 3.63) is 95.1 Å². The third-order valence-corrected chi connectivity index (χ3v) is 5.61. The third kappa shape index (κ3) is 4.20. The second kappa shape index (κ2) is 9.20. The fourth-order valence-electron chi connectivity index (χ4n) is 4.01. The molecule has 0 spiro atoms. The maximum absolute atomic E-state index is 13.2. The number of ketones is 1. The summed E-state index contributed by atoms with van der Waals surface area (Å²) in [6, 6.07) is 19.5. The molecule has 33 heavy (non-hydrogen) atoms. The molecule has 0 saturated carbocycles. The molecule has 1 saturated heterocycles. The van der Waals surface area contributed by atoms with E-state index in [1.165, 1.54) is 17.0 Å². The van der Waals surface area contributed by atoms with Gasteiger partial charge in [0.25, 0.3) is 11.7 Å². The fraction of sp³-hybridized carbons (Fsp3) is 0.185. The average molecular weight is 443 g/mol. The molecule has 4 rings (SSSR count). The van der Waals surface area contributed by atoms with E-state index in [1.54, 1.807) is 48.5 Å². The van der Waals surface area contributed by atoms with Gasteiger partial charge in [0.2, 0.25) is 0 Å². The van der Waals surface area contributed by atoms with Crippen molar-refractivity contribution < 1.29 is 24.5 Å². The van der Waals surface area contributed by atoms with Gasteiger partial charge in [-0.05, 0) is 66.9 Å². The lowest BCUT2D eigenvalue weighted by atomic mass is 9.94. The first-order valence-corrected chi connectivity index (χ1v) is 10.8. The lowest BCUT2D eigenvalue weighted by Crippen LogP contribution is -2.30. The number of nitrogens with zero attached hydrogens (tertiary/aromatic N) is 1. The maximum Gasteiger partial charge on any atom is 0.300 e. The molecule has 2 N–H and O–H groups in total. The molecule has 0 radical (unpaired) electrons. The Morgan fingerprint density at radius 3 is 2.39 bits per heavy atom. The second-order valence-corrected chi connectivity index (χ2v) is 7.92. The Labute approximate surface area is 192 Å². The molecule has 168 valence electrons. The van der Waals surface area contributed by atoms with Crippen LogP contribution in [-0.2, 0) is 9.59 Å². The zero-order chi connectivity index (χ0) is 23.5. The summed E-state index contributed by atoms with van der Waals surface area (Å²) >= 11 is 0. The number of Topliss-reactive ketones (excluding diaryl/α,β-unsaturated/α-hetero) is 1. The van der Waals surface area contributed by atoms with Gasteiger partial charge in [0.1, 0.15) is 17.3 Å². The zero-order valence-electron chi connectivity index (χ0n) is 18.5. The molecule has 1 heterocycles. The number of aliphatic hydroxyl groups excluding tert-OH is 1. The standard InChI is InChI=1S/C27H25NO5/c1-3-15-33-21-13-11-18(12-14-21)25(30)23-24(19-8-6-9-20(29)16-19)28(27(32)26(23)31)22-10-5-4-7-17(22)2/h4-14,16,24,29-30H,3,15H2,1-2H3/b25-23-. The Morgan fingerprint density at radius 1 is 1.00 bits per heavy atom. The monoisotopic (exact) mass is 443 g/mol. The number of para-hydroxylation sites is 1. The summed E-state index contributed by atoms with van der Waals surface area (Å²) in [6.45, 7) is 4.43. The number of amides is 1. The van der Waals surface area contributed by atoms with Crippen LogP contribution < -0.4 is 9.64 Å². The highest BCUT2D eigenvalue weighted by Crippen LogP contribution is 2.43. The minimum atomic E-state index is -0.894. The number of aromatic hydroxyl groups is 1. The Bertz CT molecular complexity index is 1230. The molecule has 1 atom stereocenters. The summed E-state index contributed by atoms with van der Waals surface area (Å²) in [4.78, 5) is 27.8. The van der Waals surface area contributed by atoms with Gasteiger partial charge >= 0.3 is 0 Å². The molecular weight excluding hydrogens is 418 g/mol. The quantitative estimate of drug-likeness (QED) is 0.314. The Balaban J connectivity index is 1.87. The average Bonchev–Trinajstić information content (AvgIpc) is 3.08. The van der Waals surface area contributed by atoms with Crippen molar-refractivity contribution in [2.75, 3.05) is 11.5 Å². The first-order valence-electron chi connectivity index (χ1n) is 10.8. The molecule has 0 bridgehead atoms. The summed E-state index contributed by atoms with van der Waals surface area (Å²) in [6.07, 6.45) is 0.869. The van der Waals surface area contributed by atoms with Crippen LogP contribution in [0.3, 0.4) is 0 Å². The normalized spacial score (nSPS) is 17.4. The van der Waals surface area contributed by atoms with Crippen molar-refractivity contribution in [2.45, 2.75) is 26.3 Å². The minimum Gasteiger partial charge on any atom is -0.508 e. The van der Waals surface area contributed by atoms with Gasteiger partial charge < -0.3 is 14.9 Å². The number of anilines is 1. The van der Waals surface area contributed by atoms with Crippen molar-refractivity contribution in [2.24, 2.45) is 0 Å².